The van der Waals surface area contributed by atoms with Gasteiger partial charge in [0.25, 0.3) is 11.8 Å². The molecule has 1 aliphatic rings. The number of benzene rings is 1. The molecule has 1 aromatic carbocycles. The van der Waals surface area contributed by atoms with E-state index in [9.17, 15) is 9.59 Å². The van der Waals surface area contributed by atoms with Crippen LogP contribution in [0.4, 0.5) is 11.6 Å². The topological polar surface area (TPSA) is 132 Å². The molecule has 0 spiro atoms. The van der Waals surface area contributed by atoms with Gasteiger partial charge in [-0.25, -0.2) is 9.97 Å². The van der Waals surface area contributed by atoms with Crippen LogP contribution in [0.1, 0.15) is 48.4 Å². The molecule has 2 amide bonds. The summed E-state index contributed by atoms with van der Waals surface area (Å²) in [6.45, 7) is 2.28. The van der Waals surface area contributed by atoms with Crippen LogP contribution in [0.25, 0.3) is 16.8 Å². The van der Waals surface area contributed by atoms with Crippen molar-refractivity contribution < 1.29 is 14.1 Å². The summed E-state index contributed by atoms with van der Waals surface area (Å²) < 4.78 is 6.64. The molecule has 1 saturated heterocycles. The lowest BCUT2D eigenvalue weighted by atomic mass is 10.0. The molecule has 1 fully saturated rings. The van der Waals surface area contributed by atoms with E-state index in [2.05, 4.69) is 27.3 Å². The van der Waals surface area contributed by atoms with Gasteiger partial charge < -0.3 is 20.5 Å². The predicted molar refractivity (Wildman–Crippen MR) is 129 cm³/mol. The van der Waals surface area contributed by atoms with Gasteiger partial charge in [0.1, 0.15) is 29.1 Å². The number of hydrogen-bond donors (Lipinski definition) is 2. The smallest absolute Gasteiger partial charge is 0.299 e. The molecule has 10 nitrogen and oxygen atoms in total. The Morgan fingerprint density at radius 2 is 2.03 bits per heavy atom. The SMILES string of the molecule is CC#CC(=O)N1CCCCC1c1nc(-c2ccc(C(=O)Nc3ccon3)cc2)c2c(N)nccn12. The largest absolute Gasteiger partial charge is 0.382 e. The van der Waals surface area contributed by atoms with Crippen molar-refractivity contribution in [2.75, 3.05) is 17.6 Å². The fourth-order valence-electron chi connectivity index (χ4n) is 4.39. The van der Waals surface area contributed by atoms with Gasteiger partial charge in [0.05, 0.1) is 6.04 Å². The number of fused-ring (bicyclic) bond motifs is 1. The molecule has 4 heterocycles. The predicted octanol–water partition coefficient (Wildman–Crippen LogP) is 3.30. The van der Waals surface area contributed by atoms with Gasteiger partial charge in [-0.05, 0) is 44.2 Å². The highest BCUT2D eigenvalue weighted by molar-refractivity contribution is 6.04. The maximum atomic E-state index is 12.7. The van der Waals surface area contributed by atoms with E-state index in [0.717, 1.165) is 24.8 Å². The molecule has 4 aromatic rings. The lowest BCUT2D eigenvalue weighted by Gasteiger charge is -2.33. The number of likely N-dealkylation sites (tertiary alicyclic amines) is 1. The van der Waals surface area contributed by atoms with E-state index in [1.165, 1.54) is 6.26 Å². The third kappa shape index (κ3) is 4.19. The summed E-state index contributed by atoms with van der Waals surface area (Å²) >= 11 is 0. The number of amides is 2. The fraction of sp³-hybridized carbons (Fsp3) is 0.240. The van der Waals surface area contributed by atoms with Crippen molar-refractivity contribution in [3.63, 3.8) is 0 Å². The standard InChI is InChI=1S/C25H23N7O3/c1-2-5-20(33)31-13-4-3-6-18(31)24-29-21(22-23(26)27-12-14-32(22)24)16-7-9-17(10-8-16)25(34)28-19-11-15-35-30-19/h7-12,14-15,18H,3-4,6,13H2,1H3,(H2,26,27)(H,28,30,34). The molecule has 5 rings (SSSR count). The van der Waals surface area contributed by atoms with E-state index in [0.29, 0.717) is 40.8 Å². The number of carbonyl (C=O) groups is 2. The molecule has 3 aromatic heterocycles. The number of imidazole rings is 1. The summed E-state index contributed by atoms with van der Waals surface area (Å²) in [6, 6.07) is 8.36. The third-order valence-electron chi connectivity index (χ3n) is 6.00. The number of nitrogens with one attached hydrogen (secondary N) is 1. The lowest BCUT2D eigenvalue weighted by Crippen LogP contribution is -2.38. The molecule has 3 N–H and O–H groups in total. The normalized spacial score (nSPS) is 15.5. The maximum absolute atomic E-state index is 12.7. The minimum Gasteiger partial charge on any atom is -0.382 e. The van der Waals surface area contributed by atoms with E-state index >= 15 is 0 Å². The second-order valence-corrected chi connectivity index (χ2v) is 8.15. The zero-order chi connectivity index (χ0) is 24.4. The first-order chi connectivity index (χ1) is 17.1. The van der Waals surface area contributed by atoms with Crippen LogP contribution >= 0.6 is 0 Å². The number of nitrogens with two attached hydrogens (primary N) is 1. The molecule has 10 heteroatoms. The Morgan fingerprint density at radius 3 is 2.77 bits per heavy atom. The molecule has 1 atom stereocenters. The van der Waals surface area contributed by atoms with Crippen LogP contribution in [-0.2, 0) is 4.79 Å². The number of carbonyl (C=O) groups excluding carboxylic acids is 2. The van der Waals surface area contributed by atoms with Crippen molar-refractivity contribution in [1.29, 1.82) is 0 Å². The van der Waals surface area contributed by atoms with Crippen LogP contribution in [0.2, 0.25) is 0 Å². The Morgan fingerprint density at radius 1 is 1.20 bits per heavy atom. The summed E-state index contributed by atoms with van der Waals surface area (Å²) in [5, 5.41) is 6.36. The van der Waals surface area contributed by atoms with Crippen LogP contribution < -0.4 is 11.1 Å². The number of hydrogen-bond acceptors (Lipinski definition) is 7. The van der Waals surface area contributed by atoms with Crippen molar-refractivity contribution in [3.8, 4) is 23.1 Å². The molecule has 1 unspecified atom stereocenters. The highest BCUT2D eigenvalue weighted by Crippen LogP contribution is 2.35. The maximum Gasteiger partial charge on any atom is 0.299 e. The van der Waals surface area contributed by atoms with Gasteiger partial charge in [0.15, 0.2) is 5.82 Å². The monoisotopic (exact) mass is 469 g/mol. The van der Waals surface area contributed by atoms with E-state index < -0.39 is 0 Å². The number of aromatic nitrogens is 4. The van der Waals surface area contributed by atoms with Crippen LogP contribution in [0.3, 0.4) is 0 Å². The molecular weight excluding hydrogens is 446 g/mol. The van der Waals surface area contributed by atoms with Crippen molar-refractivity contribution in [1.82, 2.24) is 24.4 Å². The summed E-state index contributed by atoms with van der Waals surface area (Å²) in [5.74, 6) is 6.22. The van der Waals surface area contributed by atoms with Crippen molar-refractivity contribution in [3.05, 3.63) is 60.4 Å². The minimum atomic E-state index is -0.310. The van der Waals surface area contributed by atoms with E-state index in [4.69, 9.17) is 15.2 Å². The molecular formula is C25H23N7O3. The summed E-state index contributed by atoms with van der Waals surface area (Å²) in [6.07, 6.45) is 7.49. The van der Waals surface area contributed by atoms with Crippen LogP contribution in [0, 0.1) is 11.8 Å². The Balaban J connectivity index is 1.53. The first kappa shape index (κ1) is 22.2. The van der Waals surface area contributed by atoms with Gasteiger partial charge in [-0.3, -0.25) is 14.0 Å². The molecule has 1 aliphatic heterocycles. The molecule has 176 valence electrons. The third-order valence-corrected chi connectivity index (χ3v) is 6.00. The van der Waals surface area contributed by atoms with E-state index in [1.54, 1.807) is 42.4 Å². The lowest BCUT2D eigenvalue weighted by molar-refractivity contribution is -0.129. The Hall–Kier alpha value is -4.65. The summed E-state index contributed by atoms with van der Waals surface area (Å²) in [5.41, 5.74) is 8.79. The average molecular weight is 470 g/mol. The Bertz CT molecular complexity index is 1450. The zero-order valence-corrected chi connectivity index (χ0v) is 19.1. The Labute approximate surface area is 201 Å². The number of anilines is 2. The molecule has 35 heavy (non-hydrogen) atoms. The summed E-state index contributed by atoms with van der Waals surface area (Å²) in [7, 11) is 0. The molecule has 0 saturated carbocycles. The summed E-state index contributed by atoms with van der Waals surface area (Å²) in [4.78, 5) is 36.2. The average Bonchev–Trinajstić information content (AvgIpc) is 3.53. The molecule has 0 bridgehead atoms. The van der Waals surface area contributed by atoms with Crippen LogP contribution in [-0.4, -0.2) is 42.8 Å². The second kappa shape index (κ2) is 9.30. The van der Waals surface area contributed by atoms with Crippen molar-refractivity contribution in [2.45, 2.75) is 32.2 Å². The first-order valence-electron chi connectivity index (χ1n) is 11.2. The highest BCUT2D eigenvalue weighted by atomic mass is 16.5. The van der Waals surface area contributed by atoms with Gasteiger partial charge in [-0.15, -0.1) is 0 Å². The Kier molecular flexibility index (Phi) is 5.89. The van der Waals surface area contributed by atoms with Gasteiger partial charge in [0.2, 0.25) is 0 Å². The number of piperidine rings is 1. The fourth-order valence-corrected chi connectivity index (χ4v) is 4.39. The zero-order valence-electron chi connectivity index (χ0n) is 19.1. The number of nitrogen functional groups attached to an aromatic ring is 1. The molecule has 0 aliphatic carbocycles. The van der Waals surface area contributed by atoms with Gasteiger partial charge in [-0.1, -0.05) is 23.2 Å². The van der Waals surface area contributed by atoms with Gasteiger partial charge in [0, 0.05) is 36.1 Å². The quantitative estimate of drug-likeness (QED) is 0.438. The van der Waals surface area contributed by atoms with Gasteiger partial charge in [-0.2, -0.15) is 0 Å². The van der Waals surface area contributed by atoms with E-state index in [-0.39, 0.29) is 17.9 Å². The van der Waals surface area contributed by atoms with Crippen LogP contribution in [0.15, 0.2) is 53.5 Å². The highest BCUT2D eigenvalue weighted by Gasteiger charge is 2.32. The van der Waals surface area contributed by atoms with E-state index in [1.807, 2.05) is 16.5 Å². The second-order valence-electron chi connectivity index (χ2n) is 8.15. The van der Waals surface area contributed by atoms with Crippen molar-refractivity contribution in [2.24, 2.45) is 0 Å². The minimum absolute atomic E-state index is 0.208. The van der Waals surface area contributed by atoms with Crippen molar-refractivity contribution >= 4 is 29.0 Å². The van der Waals surface area contributed by atoms with Crippen LogP contribution in [0.5, 0.6) is 0 Å². The van der Waals surface area contributed by atoms with Gasteiger partial charge >= 0.3 is 0 Å². The number of rotatable bonds is 4. The number of nitrogens with zero attached hydrogens (tertiary/aromatic N) is 5. The first-order valence-corrected chi connectivity index (χ1v) is 11.2. The molecule has 0 radical (unpaired) electrons.